The van der Waals surface area contributed by atoms with Gasteiger partial charge in [-0.2, -0.15) is 0 Å². The number of amides is 1. The second-order valence-electron chi connectivity index (χ2n) is 5.91. The maximum absolute atomic E-state index is 12.4. The number of carbonyl (C=O) groups is 1. The highest BCUT2D eigenvalue weighted by Crippen LogP contribution is 2.26. The number of fused-ring (bicyclic) bond motifs is 1. The lowest BCUT2D eigenvalue weighted by Crippen LogP contribution is -2.29. The summed E-state index contributed by atoms with van der Waals surface area (Å²) in [6.45, 7) is 2.49. The van der Waals surface area contributed by atoms with Gasteiger partial charge in [0.2, 0.25) is 11.9 Å². The third-order valence-corrected chi connectivity index (χ3v) is 4.08. The van der Waals surface area contributed by atoms with E-state index in [-0.39, 0.29) is 24.2 Å². The molecule has 0 saturated heterocycles. The van der Waals surface area contributed by atoms with E-state index in [2.05, 4.69) is 15.6 Å². The molecule has 0 radical (unpaired) electrons. The molecule has 0 fully saturated rings. The number of methoxy groups -OCH3 is 1. The molecule has 3 rings (SSSR count). The molecule has 1 amide bonds. The fourth-order valence-corrected chi connectivity index (χ4v) is 2.73. The number of aromatic nitrogens is 2. The monoisotopic (exact) mass is 374 g/mol. The minimum Gasteiger partial charge on any atom is -0.497 e. The number of carbonyl (C=O) groups excluding carboxylic acids is 1. The number of hydrogen-bond acceptors (Lipinski definition) is 4. The fourth-order valence-electron chi connectivity index (χ4n) is 2.73. The van der Waals surface area contributed by atoms with Gasteiger partial charge >= 0.3 is 0 Å². The lowest BCUT2D eigenvalue weighted by molar-refractivity contribution is -0.119. The van der Waals surface area contributed by atoms with E-state index >= 15 is 0 Å². The Bertz CT molecular complexity index is 877. The van der Waals surface area contributed by atoms with Crippen LogP contribution in [0.15, 0.2) is 48.5 Å². The first-order valence-electron chi connectivity index (χ1n) is 8.21. The number of imidazole rings is 1. The topological polar surface area (TPSA) is 68.2 Å². The maximum atomic E-state index is 12.4. The number of benzene rings is 2. The zero-order chi connectivity index (χ0) is 17.8. The molecule has 1 atom stereocenters. The van der Waals surface area contributed by atoms with Crippen LogP contribution in [0.5, 0.6) is 5.75 Å². The van der Waals surface area contributed by atoms with Gasteiger partial charge in [-0.05, 0) is 43.4 Å². The molecule has 6 nitrogen and oxygen atoms in total. The Morgan fingerprint density at radius 2 is 1.88 bits per heavy atom. The molecule has 26 heavy (non-hydrogen) atoms. The predicted octanol–water partition coefficient (Wildman–Crippen LogP) is 3.25. The van der Waals surface area contributed by atoms with E-state index in [1.165, 1.54) is 0 Å². The molecule has 0 aliphatic heterocycles. The molecule has 0 spiro atoms. The van der Waals surface area contributed by atoms with Crippen molar-refractivity contribution in [2.75, 3.05) is 26.0 Å². The van der Waals surface area contributed by atoms with Gasteiger partial charge in [0.25, 0.3) is 0 Å². The highest BCUT2D eigenvalue weighted by atomic mass is 35.5. The smallest absolute Gasteiger partial charge is 0.230 e. The van der Waals surface area contributed by atoms with Crippen LogP contribution in [-0.4, -0.2) is 36.2 Å². The Morgan fingerprint density at radius 3 is 2.54 bits per heavy atom. The molecule has 3 aromatic rings. The van der Waals surface area contributed by atoms with Crippen LogP contribution < -0.4 is 15.4 Å². The van der Waals surface area contributed by atoms with E-state index in [4.69, 9.17) is 4.74 Å². The van der Waals surface area contributed by atoms with Crippen molar-refractivity contribution in [3.63, 3.8) is 0 Å². The van der Waals surface area contributed by atoms with E-state index in [1.807, 2.05) is 67.1 Å². The zero-order valence-corrected chi connectivity index (χ0v) is 15.8. The summed E-state index contributed by atoms with van der Waals surface area (Å²) >= 11 is 0. The molecule has 2 aromatic carbocycles. The van der Waals surface area contributed by atoms with E-state index in [0.717, 1.165) is 22.5 Å². The van der Waals surface area contributed by atoms with Gasteiger partial charge < -0.3 is 10.1 Å². The normalized spacial score (nSPS) is 11.7. The van der Waals surface area contributed by atoms with Gasteiger partial charge in [-0.3, -0.25) is 14.7 Å². The minimum atomic E-state index is -0.158. The molecule has 0 aliphatic carbocycles. The number of rotatable bonds is 6. The Kier molecular flexibility index (Phi) is 6.60. The number of hydrogen-bond donors (Lipinski definition) is 2. The zero-order valence-electron chi connectivity index (χ0n) is 15.0. The lowest BCUT2D eigenvalue weighted by Gasteiger charge is -2.13. The molecule has 0 aliphatic rings. The Labute approximate surface area is 159 Å². The van der Waals surface area contributed by atoms with E-state index in [1.54, 1.807) is 7.11 Å². The Balaban J connectivity index is 0.00000243. The Morgan fingerprint density at radius 1 is 1.19 bits per heavy atom. The molecule has 1 aromatic heterocycles. The van der Waals surface area contributed by atoms with Gasteiger partial charge in [0.05, 0.1) is 18.1 Å². The molecule has 7 heteroatoms. The second kappa shape index (κ2) is 8.69. The van der Waals surface area contributed by atoms with Crippen LogP contribution in [0.4, 0.5) is 5.95 Å². The number of ether oxygens (including phenoxy) is 1. The molecule has 0 bridgehead atoms. The summed E-state index contributed by atoms with van der Waals surface area (Å²) < 4.78 is 7.17. The number of anilines is 1. The quantitative estimate of drug-likeness (QED) is 0.695. The van der Waals surface area contributed by atoms with Crippen LogP contribution in [-0.2, 0) is 4.79 Å². The van der Waals surface area contributed by atoms with E-state index in [0.29, 0.717) is 12.5 Å². The van der Waals surface area contributed by atoms with Gasteiger partial charge in [0.15, 0.2) is 0 Å². The molecule has 138 valence electrons. The summed E-state index contributed by atoms with van der Waals surface area (Å²) in [6.07, 6.45) is 0. The van der Waals surface area contributed by atoms with Crippen LogP contribution in [0.3, 0.4) is 0 Å². The fraction of sp³-hybridized carbons (Fsp3) is 0.263. The van der Waals surface area contributed by atoms with Gasteiger partial charge in [0.1, 0.15) is 5.75 Å². The van der Waals surface area contributed by atoms with Crippen LogP contribution in [0.25, 0.3) is 16.7 Å². The summed E-state index contributed by atoms with van der Waals surface area (Å²) in [7, 11) is 3.47. The van der Waals surface area contributed by atoms with Crippen molar-refractivity contribution in [1.82, 2.24) is 14.9 Å². The number of para-hydroxylation sites is 2. The maximum Gasteiger partial charge on any atom is 0.230 e. The van der Waals surface area contributed by atoms with Crippen molar-refractivity contribution < 1.29 is 9.53 Å². The van der Waals surface area contributed by atoms with Gasteiger partial charge in [-0.25, -0.2) is 4.98 Å². The average molecular weight is 375 g/mol. The lowest BCUT2D eigenvalue weighted by atomic mass is 10.1. The van der Waals surface area contributed by atoms with E-state index in [9.17, 15) is 4.79 Å². The first-order chi connectivity index (χ1) is 12.1. The third-order valence-electron chi connectivity index (χ3n) is 4.08. The third kappa shape index (κ3) is 3.98. The molecule has 1 heterocycles. The number of nitrogens with zero attached hydrogens (tertiary/aromatic N) is 2. The van der Waals surface area contributed by atoms with Crippen LogP contribution in [0.2, 0.25) is 0 Å². The van der Waals surface area contributed by atoms with Crippen molar-refractivity contribution in [2.45, 2.75) is 6.92 Å². The summed E-state index contributed by atoms with van der Waals surface area (Å²) in [6, 6.07) is 15.5. The summed E-state index contributed by atoms with van der Waals surface area (Å²) in [5.41, 5.74) is 2.67. The summed E-state index contributed by atoms with van der Waals surface area (Å²) in [5.74, 6) is 1.06. The number of nitrogens with one attached hydrogen (secondary N) is 2. The predicted molar refractivity (Wildman–Crippen MR) is 107 cm³/mol. The van der Waals surface area contributed by atoms with Crippen LogP contribution in [0, 0.1) is 5.92 Å². The SMILES string of the molecule is CNCC(C)C(=O)Nc1nc2ccccc2n1-c1ccc(OC)cc1.Cl. The summed E-state index contributed by atoms with van der Waals surface area (Å²) in [5, 5.41) is 5.97. The standard InChI is InChI=1S/C19H22N4O2.ClH/c1-13(12-20-2)18(24)22-19-21-16-6-4-5-7-17(16)23(19)14-8-10-15(25-3)11-9-14;/h4-11,13,20H,12H2,1-3H3,(H,21,22,24);1H. The second-order valence-corrected chi connectivity index (χ2v) is 5.91. The summed E-state index contributed by atoms with van der Waals surface area (Å²) in [4.78, 5) is 17.0. The van der Waals surface area contributed by atoms with E-state index < -0.39 is 0 Å². The van der Waals surface area contributed by atoms with Crippen LogP contribution >= 0.6 is 12.4 Å². The van der Waals surface area contributed by atoms with Crippen molar-refractivity contribution in [3.05, 3.63) is 48.5 Å². The van der Waals surface area contributed by atoms with Gasteiger partial charge in [0, 0.05) is 18.2 Å². The van der Waals surface area contributed by atoms with Crippen molar-refractivity contribution >= 4 is 35.3 Å². The molecule has 1 unspecified atom stereocenters. The molecule has 0 saturated carbocycles. The van der Waals surface area contributed by atoms with Gasteiger partial charge in [-0.1, -0.05) is 19.1 Å². The van der Waals surface area contributed by atoms with Gasteiger partial charge in [-0.15, -0.1) is 12.4 Å². The van der Waals surface area contributed by atoms with Crippen molar-refractivity contribution in [2.24, 2.45) is 5.92 Å². The Hall–Kier alpha value is -2.57. The highest BCUT2D eigenvalue weighted by Gasteiger charge is 2.18. The number of halogens is 1. The molecular weight excluding hydrogens is 352 g/mol. The molecule has 2 N–H and O–H groups in total. The van der Waals surface area contributed by atoms with Crippen molar-refractivity contribution in [3.8, 4) is 11.4 Å². The van der Waals surface area contributed by atoms with Crippen molar-refractivity contribution in [1.29, 1.82) is 0 Å². The van der Waals surface area contributed by atoms with Crippen LogP contribution in [0.1, 0.15) is 6.92 Å². The largest absolute Gasteiger partial charge is 0.497 e. The molecular formula is C19H23ClN4O2. The minimum absolute atomic E-state index is 0. The highest BCUT2D eigenvalue weighted by molar-refractivity contribution is 5.93. The first kappa shape index (κ1) is 19.8. The first-order valence-corrected chi connectivity index (χ1v) is 8.21. The average Bonchev–Trinajstić information content (AvgIpc) is 2.99.